The van der Waals surface area contributed by atoms with Crippen molar-refractivity contribution in [2.24, 2.45) is 0 Å². The molecule has 2 aromatic carbocycles. The first-order valence-corrected chi connectivity index (χ1v) is 12.1. The summed E-state index contributed by atoms with van der Waals surface area (Å²) in [5, 5.41) is 2.73. The molecule has 2 rings (SSSR count). The Bertz CT molecular complexity index is 860. The lowest BCUT2D eigenvalue weighted by Crippen LogP contribution is -2.09. The van der Waals surface area contributed by atoms with Crippen LogP contribution in [0.1, 0.15) is 99.5 Å². The van der Waals surface area contributed by atoms with Crippen molar-refractivity contribution >= 4 is 17.4 Å². The van der Waals surface area contributed by atoms with Crippen LogP contribution in [0.5, 0.6) is 5.75 Å². The van der Waals surface area contributed by atoms with Crippen molar-refractivity contribution in [1.29, 1.82) is 0 Å². The largest absolute Gasteiger partial charge is 0.495 e. The Hall–Kier alpha value is -2.62. The summed E-state index contributed by atoms with van der Waals surface area (Å²) in [6, 6.07) is 13.0. The predicted octanol–water partition coefficient (Wildman–Crippen LogP) is 7.35. The summed E-state index contributed by atoms with van der Waals surface area (Å²) in [5.74, 6) is 0.294. The normalized spacial score (nSPS) is 10.7. The Balaban J connectivity index is 1.90. The first-order chi connectivity index (χ1) is 15.6. The van der Waals surface area contributed by atoms with E-state index < -0.39 is 0 Å². The fraction of sp³-hybridized carbons (Fsp3) is 0.500. The Morgan fingerprint density at radius 3 is 2.09 bits per heavy atom. The van der Waals surface area contributed by atoms with Gasteiger partial charge in [0.1, 0.15) is 5.75 Å². The number of methoxy groups -OCH3 is 1. The van der Waals surface area contributed by atoms with E-state index in [1.165, 1.54) is 71.8 Å². The van der Waals surface area contributed by atoms with Gasteiger partial charge in [-0.2, -0.15) is 0 Å². The van der Waals surface area contributed by atoms with Crippen LogP contribution in [0.2, 0.25) is 0 Å². The minimum Gasteiger partial charge on any atom is -0.495 e. The molecule has 0 aliphatic rings. The third-order valence-corrected chi connectivity index (χ3v) is 5.84. The number of ether oxygens (including phenoxy) is 1. The van der Waals surface area contributed by atoms with E-state index in [0.29, 0.717) is 17.0 Å². The van der Waals surface area contributed by atoms with Crippen LogP contribution < -0.4 is 10.1 Å². The molecule has 2 aromatic rings. The van der Waals surface area contributed by atoms with Gasteiger partial charge in [-0.05, 0) is 36.6 Å². The molecule has 0 fully saturated rings. The van der Waals surface area contributed by atoms with Crippen molar-refractivity contribution in [1.82, 2.24) is 0 Å². The van der Waals surface area contributed by atoms with Crippen molar-refractivity contribution in [2.45, 2.75) is 84.5 Å². The first kappa shape index (κ1) is 25.6. The summed E-state index contributed by atoms with van der Waals surface area (Å²) in [4.78, 5) is 24.6. The number of anilines is 1. The van der Waals surface area contributed by atoms with Gasteiger partial charge in [0.15, 0.2) is 5.78 Å². The topological polar surface area (TPSA) is 55.4 Å². The maximum atomic E-state index is 13.2. The van der Waals surface area contributed by atoms with Crippen LogP contribution >= 0.6 is 0 Å². The van der Waals surface area contributed by atoms with Gasteiger partial charge in [0.25, 0.3) is 0 Å². The maximum absolute atomic E-state index is 13.2. The maximum Gasteiger partial charge on any atom is 0.221 e. The van der Waals surface area contributed by atoms with Crippen LogP contribution in [0.4, 0.5) is 5.69 Å². The van der Waals surface area contributed by atoms with E-state index in [-0.39, 0.29) is 11.7 Å². The van der Waals surface area contributed by atoms with E-state index in [1.807, 2.05) is 18.2 Å². The molecule has 32 heavy (non-hydrogen) atoms. The van der Waals surface area contributed by atoms with Crippen molar-refractivity contribution < 1.29 is 14.3 Å². The number of ketones is 1. The standard InChI is InChI=1S/C28H39NO3/c1-4-5-6-7-8-9-10-11-12-13-16-23-17-14-15-18-25(23)28(31)24-19-20-26(29-22(2)30)27(21-24)32-3/h14-15,17-21H,4-13,16H2,1-3H3,(H,29,30). The average molecular weight is 438 g/mol. The molecule has 0 spiro atoms. The van der Waals surface area contributed by atoms with E-state index >= 15 is 0 Å². The summed E-state index contributed by atoms with van der Waals surface area (Å²) in [6.07, 6.45) is 13.9. The highest BCUT2D eigenvalue weighted by Gasteiger charge is 2.16. The molecule has 0 unspecified atom stereocenters. The first-order valence-electron chi connectivity index (χ1n) is 12.1. The van der Waals surface area contributed by atoms with Gasteiger partial charge in [-0.15, -0.1) is 0 Å². The fourth-order valence-corrected chi connectivity index (χ4v) is 4.04. The van der Waals surface area contributed by atoms with E-state index in [2.05, 4.69) is 18.3 Å². The molecule has 0 radical (unpaired) electrons. The second-order valence-electron chi connectivity index (χ2n) is 8.51. The molecule has 0 aliphatic carbocycles. The van der Waals surface area contributed by atoms with Gasteiger partial charge in [-0.1, -0.05) is 89.0 Å². The lowest BCUT2D eigenvalue weighted by atomic mass is 9.94. The molecular weight excluding hydrogens is 398 g/mol. The van der Waals surface area contributed by atoms with E-state index in [0.717, 1.165) is 24.0 Å². The number of amides is 1. The van der Waals surface area contributed by atoms with Gasteiger partial charge in [-0.25, -0.2) is 0 Å². The molecule has 0 heterocycles. The predicted molar refractivity (Wildman–Crippen MR) is 133 cm³/mol. The highest BCUT2D eigenvalue weighted by molar-refractivity contribution is 6.10. The zero-order chi connectivity index (χ0) is 23.2. The van der Waals surface area contributed by atoms with Crippen molar-refractivity contribution in [3.05, 3.63) is 59.2 Å². The summed E-state index contributed by atoms with van der Waals surface area (Å²) in [6.45, 7) is 3.70. The van der Waals surface area contributed by atoms with Gasteiger partial charge in [-0.3, -0.25) is 9.59 Å². The third kappa shape index (κ3) is 8.49. The van der Waals surface area contributed by atoms with E-state index in [1.54, 1.807) is 18.2 Å². The molecule has 174 valence electrons. The number of benzene rings is 2. The molecule has 0 atom stereocenters. The zero-order valence-electron chi connectivity index (χ0n) is 20.0. The molecule has 0 aromatic heterocycles. The monoisotopic (exact) mass is 437 g/mol. The number of aryl methyl sites for hydroxylation is 1. The minimum absolute atomic E-state index is 0.0136. The molecule has 0 saturated carbocycles. The molecule has 1 amide bonds. The van der Waals surface area contributed by atoms with Crippen molar-refractivity contribution in [3.8, 4) is 5.75 Å². The Morgan fingerprint density at radius 1 is 0.844 bits per heavy atom. The SMILES string of the molecule is CCCCCCCCCCCCc1ccccc1C(=O)c1ccc(NC(C)=O)c(OC)c1. The van der Waals surface area contributed by atoms with Gasteiger partial charge in [0.05, 0.1) is 12.8 Å². The Kier molecular flexibility index (Phi) is 11.6. The van der Waals surface area contributed by atoms with Crippen molar-refractivity contribution in [3.63, 3.8) is 0 Å². The molecule has 4 heteroatoms. The minimum atomic E-state index is -0.177. The van der Waals surface area contributed by atoms with Crippen LogP contribution in [-0.4, -0.2) is 18.8 Å². The van der Waals surface area contributed by atoms with Crippen LogP contribution in [0, 0.1) is 0 Å². The zero-order valence-corrected chi connectivity index (χ0v) is 20.0. The van der Waals surface area contributed by atoms with Crippen LogP contribution in [0.3, 0.4) is 0 Å². The number of nitrogens with one attached hydrogen (secondary N) is 1. The van der Waals surface area contributed by atoms with E-state index in [4.69, 9.17) is 4.74 Å². The lowest BCUT2D eigenvalue weighted by Gasteiger charge is -2.12. The second kappa shape index (κ2) is 14.4. The third-order valence-electron chi connectivity index (χ3n) is 5.84. The van der Waals surface area contributed by atoms with Crippen LogP contribution in [0.25, 0.3) is 0 Å². The van der Waals surface area contributed by atoms with E-state index in [9.17, 15) is 9.59 Å². The van der Waals surface area contributed by atoms with Gasteiger partial charge >= 0.3 is 0 Å². The molecular formula is C28H39NO3. The second-order valence-corrected chi connectivity index (χ2v) is 8.51. The number of carbonyl (C=O) groups excluding carboxylic acids is 2. The number of carbonyl (C=O) groups is 2. The average Bonchev–Trinajstić information content (AvgIpc) is 2.80. The summed E-state index contributed by atoms with van der Waals surface area (Å²) in [5.41, 5.74) is 2.97. The van der Waals surface area contributed by atoms with Crippen molar-refractivity contribution in [2.75, 3.05) is 12.4 Å². The highest BCUT2D eigenvalue weighted by atomic mass is 16.5. The fourth-order valence-electron chi connectivity index (χ4n) is 4.04. The molecule has 1 N–H and O–H groups in total. The molecule has 0 saturated heterocycles. The Labute approximate surface area is 193 Å². The van der Waals surface area contributed by atoms with Gasteiger partial charge < -0.3 is 10.1 Å². The summed E-state index contributed by atoms with van der Waals surface area (Å²) in [7, 11) is 1.54. The number of unbranched alkanes of at least 4 members (excludes halogenated alkanes) is 9. The van der Waals surface area contributed by atoms with Crippen LogP contribution in [0.15, 0.2) is 42.5 Å². The van der Waals surface area contributed by atoms with Crippen LogP contribution in [-0.2, 0) is 11.2 Å². The molecule has 0 bridgehead atoms. The lowest BCUT2D eigenvalue weighted by molar-refractivity contribution is -0.114. The van der Waals surface area contributed by atoms with Gasteiger partial charge in [0.2, 0.25) is 5.91 Å². The smallest absolute Gasteiger partial charge is 0.221 e. The number of rotatable bonds is 15. The number of hydrogen-bond acceptors (Lipinski definition) is 3. The summed E-state index contributed by atoms with van der Waals surface area (Å²) >= 11 is 0. The van der Waals surface area contributed by atoms with Gasteiger partial charge in [0, 0.05) is 18.1 Å². The summed E-state index contributed by atoms with van der Waals surface area (Å²) < 4.78 is 5.38. The molecule has 4 nitrogen and oxygen atoms in total. The number of hydrogen-bond donors (Lipinski definition) is 1. The quantitative estimate of drug-likeness (QED) is 0.234. The highest BCUT2D eigenvalue weighted by Crippen LogP contribution is 2.27. The Morgan fingerprint density at radius 2 is 1.47 bits per heavy atom. The molecule has 0 aliphatic heterocycles.